The van der Waals surface area contributed by atoms with Crippen LogP contribution in [0.4, 0.5) is 11.4 Å². The number of hydrogen-bond donors (Lipinski definition) is 2. The number of ether oxygens (including phenoxy) is 1. The first-order chi connectivity index (χ1) is 19.2. The maximum Gasteiger partial charge on any atom is 0.293 e. The number of nitrogens with one attached hydrogen (secondary N) is 2. The molecule has 40 heavy (non-hydrogen) atoms. The second-order valence-electron chi connectivity index (χ2n) is 9.16. The smallest absolute Gasteiger partial charge is 0.293 e. The molecule has 5 rings (SSSR count). The maximum absolute atomic E-state index is 12.8. The number of benzene rings is 3. The Balaban J connectivity index is 1.33. The van der Waals surface area contributed by atoms with Crippen molar-refractivity contribution in [1.82, 2.24) is 10.3 Å². The van der Waals surface area contributed by atoms with E-state index in [1.165, 1.54) is 25.3 Å². The summed E-state index contributed by atoms with van der Waals surface area (Å²) in [7, 11) is 1.52. The number of nitro groups is 1. The minimum atomic E-state index is -0.627. The summed E-state index contributed by atoms with van der Waals surface area (Å²) in [5.74, 6) is 0.763. The van der Waals surface area contributed by atoms with E-state index < -0.39 is 10.8 Å². The fraction of sp³-hybridized carbons (Fsp3) is 0.138. The Bertz CT molecular complexity index is 1760. The zero-order valence-corrected chi connectivity index (χ0v) is 22.6. The second-order valence-corrected chi connectivity index (χ2v) is 9.57. The fourth-order valence-corrected chi connectivity index (χ4v) is 4.33. The molecule has 202 valence electrons. The van der Waals surface area contributed by atoms with Crippen molar-refractivity contribution in [1.29, 1.82) is 0 Å². The molecule has 0 saturated heterocycles. The summed E-state index contributed by atoms with van der Waals surface area (Å²) in [5, 5.41) is 16.9. The van der Waals surface area contributed by atoms with E-state index in [0.717, 1.165) is 11.1 Å². The first-order valence-corrected chi connectivity index (χ1v) is 12.7. The predicted octanol–water partition coefficient (Wildman–Crippen LogP) is 6.92. The SMILES string of the molecule is COc1ccc(-c2nc3cc(C(C)C)ccc3o2)cc1NC(=S)NC(=O)c1ccc(-c2ccccc2[N+](=O)[O-])o1. The van der Waals surface area contributed by atoms with Gasteiger partial charge in [0.1, 0.15) is 17.0 Å². The number of hydrogen-bond acceptors (Lipinski definition) is 8. The number of carbonyl (C=O) groups excluding carboxylic acids is 1. The van der Waals surface area contributed by atoms with Crippen LogP contribution in [-0.4, -0.2) is 28.0 Å². The van der Waals surface area contributed by atoms with Crippen LogP contribution in [0.25, 0.3) is 33.9 Å². The number of rotatable bonds is 7. The zero-order valence-electron chi connectivity index (χ0n) is 21.8. The molecular formula is C29H24N4O6S. The summed E-state index contributed by atoms with van der Waals surface area (Å²) in [6.45, 7) is 4.23. The summed E-state index contributed by atoms with van der Waals surface area (Å²) < 4.78 is 17.0. The third-order valence-electron chi connectivity index (χ3n) is 6.20. The Labute approximate surface area is 234 Å². The molecule has 0 aliphatic heterocycles. The van der Waals surface area contributed by atoms with Gasteiger partial charge in [0, 0.05) is 11.6 Å². The first-order valence-electron chi connectivity index (χ1n) is 12.3. The van der Waals surface area contributed by atoms with Crippen molar-refractivity contribution in [2.24, 2.45) is 0 Å². The van der Waals surface area contributed by atoms with Crippen molar-refractivity contribution in [3.8, 4) is 28.5 Å². The highest BCUT2D eigenvalue weighted by Crippen LogP contribution is 2.33. The molecule has 2 aromatic heterocycles. The van der Waals surface area contributed by atoms with Gasteiger partial charge in [0.25, 0.3) is 11.6 Å². The average molecular weight is 557 g/mol. The average Bonchev–Trinajstić information content (AvgIpc) is 3.60. The Kier molecular flexibility index (Phi) is 7.30. The van der Waals surface area contributed by atoms with Gasteiger partial charge < -0.3 is 18.9 Å². The van der Waals surface area contributed by atoms with E-state index in [1.807, 2.05) is 24.3 Å². The lowest BCUT2D eigenvalue weighted by atomic mass is 10.0. The molecule has 0 radical (unpaired) electrons. The maximum atomic E-state index is 12.8. The highest BCUT2D eigenvalue weighted by Gasteiger charge is 2.20. The second kappa shape index (κ2) is 11.0. The molecule has 0 bridgehead atoms. The van der Waals surface area contributed by atoms with Crippen molar-refractivity contribution in [3.05, 3.63) is 94.2 Å². The van der Waals surface area contributed by atoms with Gasteiger partial charge in [0.05, 0.1) is 23.3 Å². The molecule has 10 nitrogen and oxygen atoms in total. The molecule has 11 heteroatoms. The predicted molar refractivity (Wildman–Crippen MR) is 155 cm³/mol. The number of oxazole rings is 1. The molecule has 0 atom stereocenters. The van der Waals surface area contributed by atoms with Crippen LogP contribution in [0.3, 0.4) is 0 Å². The summed E-state index contributed by atoms with van der Waals surface area (Å²) in [5.41, 5.74) is 3.88. The molecule has 3 aromatic carbocycles. The number of fused-ring (bicyclic) bond motifs is 1. The largest absolute Gasteiger partial charge is 0.495 e. The molecule has 0 fully saturated rings. The van der Waals surface area contributed by atoms with E-state index in [4.69, 9.17) is 25.8 Å². The number of aromatic nitrogens is 1. The molecule has 0 aliphatic rings. The van der Waals surface area contributed by atoms with Gasteiger partial charge in [0.15, 0.2) is 16.5 Å². The van der Waals surface area contributed by atoms with Crippen molar-refractivity contribution in [2.75, 3.05) is 12.4 Å². The number of carbonyl (C=O) groups is 1. The molecule has 2 heterocycles. The summed E-state index contributed by atoms with van der Waals surface area (Å²) >= 11 is 5.36. The Hall–Kier alpha value is -5.03. The molecule has 5 aromatic rings. The van der Waals surface area contributed by atoms with Crippen molar-refractivity contribution in [3.63, 3.8) is 0 Å². The quantitative estimate of drug-likeness (QED) is 0.124. The molecular weight excluding hydrogens is 532 g/mol. The highest BCUT2D eigenvalue weighted by molar-refractivity contribution is 7.80. The van der Waals surface area contributed by atoms with Crippen LogP contribution in [0.1, 0.15) is 35.9 Å². The minimum Gasteiger partial charge on any atom is -0.495 e. The molecule has 0 saturated carbocycles. The van der Waals surface area contributed by atoms with Crippen molar-refractivity contribution in [2.45, 2.75) is 19.8 Å². The molecule has 0 spiro atoms. The fourth-order valence-electron chi connectivity index (χ4n) is 4.13. The van der Waals surface area contributed by atoms with Gasteiger partial charge in [-0.25, -0.2) is 4.98 Å². The Morgan fingerprint density at radius 2 is 1.85 bits per heavy atom. The van der Waals surface area contributed by atoms with Crippen LogP contribution in [-0.2, 0) is 0 Å². The number of furan rings is 1. The van der Waals surface area contributed by atoms with Crippen LogP contribution in [0, 0.1) is 10.1 Å². The lowest BCUT2D eigenvalue weighted by molar-refractivity contribution is -0.384. The van der Waals surface area contributed by atoms with E-state index in [2.05, 4.69) is 29.5 Å². The monoisotopic (exact) mass is 556 g/mol. The number of amides is 1. The lowest BCUT2D eigenvalue weighted by Gasteiger charge is -2.13. The number of nitrogens with zero attached hydrogens (tertiary/aromatic N) is 2. The minimum absolute atomic E-state index is 0.0109. The van der Waals surface area contributed by atoms with Gasteiger partial charge in [-0.1, -0.05) is 32.0 Å². The lowest BCUT2D eigenvalue weighted by Crippen LogP contribution is -2.34. The number of thiocarbonyl (C=S) groups is 1. The van der Waals surface area contributed by atoms with Gasteiger partial charge >= 0.3 is 0 Å². The number of para-hydroxylation sites is 1. The van der Waals surface area contributed by atoms with Crippen LogP contribution < -0.4 is 15.4 Å². The number of methoxy groups -OCH3 is 1. The van der Waals surface area contributed by atoms with Crippen LogP contribution in [0.5, 0.6) is 5.75 Å². The van der Waals surface area contributed by atoms with Gasteiger partial charge in [-0.3, -0.25) is 20.2 Å². The van der Waals surface area contributed by atoms with Gasteiger partial charge in [-0.15, -0.1) is 0 Å². The molecule has 2 N–H and O–H groups in total. The van der Waals surface area contributed by atoms with E-state index in [0.29, 0.717) is 34.4 Å². The van der Waals surface area contributed by atoms with Gasteiger partial charge in [-0.2, -0.15) is 0 Å². The number of anilines is 1. The van der Waals surface area contributed by atoms with E-state index in [-0.39, 0.29) is 27.9 Å². The third-order valence-corrected chi connectivity index (χ3v) is 6.40. The highest BCUT2D eigenvalue weighted by atomic mass is 32.1. The summed E-state index contributed by atoms with van der Waals surface area (Å²) in [6, 6.07) is 20.3. The summed E-state index contributed by atoms with van der Waals surface area (Å²) in [6.07, 6.45) is 0. The first kappa shape index (κ1) is 26.6. The van der Waals surface area contributed by atoms with Crippen molar-refractivity contribution < 1.29 is 23.3 Å². The normalized spacial score (nSPS) is 11.0. The van der Waals surface area contributed by atoms with Crippen molar-refractivity contribution >= 4 is 45.7 Å². The molecule has 0 aliphatic carbocycles. The summed E-state index contributed by atoms with van der Waals surface area (Å²) in [4.78, 5) is 28.3. The Morgan fingerprint density at radius 3 is 2.60 bits per heavy atom. The van der Waals surface area contributed by atoms with E-state index >= 15 is 0 Å². The third kappa shape index (κ3) is 5.40. The van der Waals surface area contributed by atoms with Crippen LogP contribution in [0.15, 0.2) is 81.6 Å². The zero-order chi connectivity index (χ0) is 28.4. The van der Waals surface area contributed by atoms with Crippen LogP contribution >= 0.6 is 12.2 Å². The standard InChI is InChI=1S/C29H24N4O6S/c1-16(2)17-8-11-25-21(14-17)30-28(39-25)18-9-10-24(37-3)20(15-18)31-29(40)32-27(34)26-13-12-23(38-26)19-6-4-5-7-22(19)33(35)36/h4-16H,1-3H3,(H2,31,32,34,40). The number of nitro benzene ring substituents is 1. The van der Waals surface area contributed by atoms with Crippen LogP contribution in [0.2, 0.25) is 0 Å². The van der Waals surface area contributed by atoms with Gasteiger partial charge in [-0.05, 0) is 72.2 Å². The van der Waals surface area contributed by atoms with E-state index in [1.54, 1.807) is 30.3 Å². The van der Waals surface area contributed by atoms with Gasteiger partial charge in [0.2, 0.25) is 5.89 Å². The van der Waals surface area contributed by atoms with E-state index in [9.17, 15) is 14.9 Å². The Morgan fingerprint density at radius 1 is 1.05 bits per heavy atom. The molecule has 0 unspecified atom stereocenters. The topological polar surface area (TPSA) is 133 Å². The molecule has 1 amide bonds.